The lowest BCUT2D eigenvalue weighted by molar-refractivity contribution is -0.149. The Bertz CT molecular complexity index is 709. The molecule has 162 valence electrons. The molecule has 0 radical (unpaired) electrons. The predicted octanol–water partition coefficient (Wildman–Crippen LogP) is 6.11. The van der Waals surface area contributed by atoms with Gasteiger partial charge in [0.15, 0.2) is 0 Å². The third-order valence-corrected chi connectivity index (χ3v) is 9.79. The lowest BCUT2D eigenvalue weighted by Gasteiger charge is -2.58. The summed E-state index contributed by atoms with van der Waals surface area (Å²) in [5.74, 6) is 3.36. The van der Waals surface area contributed by atoms with Gasteiger partial charge in [-0.25, -0.2) is 0 Å². The summed E-state index contributed by atoms with van der Waals surface area (Å²) >= 11 is 0. The Hall–Kier alpha value is -1.12. The normalized spacial score (nSPS) is 46.2. The van der Waals surface area contributed by atoms with E-state index in [1.54, 1.807) is 5.57 Å². The first-order valence-electron chi connectivity index (χ1n) is 12.1. The van der Waals surface area contributed by atoms with Crippen molar-refractivity contribution in [3.8, 4) is 0 Å². The van der Waals surface area contributed by atoms with E-state index in [1.807, 2.05) is 0 Å². The number of allylic oxidation sites excluding steroid dienone is 1. The number of rotatable bonds is 4. The molecule has 0 heterocycles. The lowest BCUT2D eigenvalue weighted by Crippen LogP contribution is -2.51. The van der Waals surface area contributed by atoms with Crippen molar-refractivity contribution in [2.45, 2.75) is 98.5 Å². The highest BCUT2D eigenvalue weighted by molar-refractivity contribution is 5.82. The van der Waals surface area contributed by atoms with Crippen molar-refractivity contribution in [2.75, 3.05) is 0 Å². The summed E-state index contributed by atoms with van der Waals surface area (Å²) in [5, 5.41) is 0. The van der Waals surface area contributed by atoms with Gasteiger partial charge in [0.1, 0.15) is 11.9 Å². The molecule has 0 unspecified atom stereocenters. The number of ether oxygens (including phenoxy) is 1. The van der Waals surface area contributed by atoms with Gasteiger partial charge in [0.05, 0.1) is 0 Å². The molecule has 0 saturated heterocycles. The number of Topliss-reactive ketones (excluding diaryl/α,β-unsaturated/α-hetero) is 1. The molecule has 0 aromatic heterocycles. The first kappa shape index (κ1) is 21.1. The minimum Gasteiger partial charge on any atom is -0.462 e. The standard InChI is InChI=1S/C26H40O3/c1-6-17-14-22-20-9-8-18-15-19(29-16(3)27)10-12-25(18,4)21(20)11-13-26(22,5)24(17)23(28)7-2/h8,17,19-22,24H,6-7,9-15H2,1-5H3/t17-,19-,20-,21+,22-,24-,25+,26+/m1/s1. The van der Waals surface area contributed by atoms with Crippen molar-refractivity contribution in [1.29, 1.82) is 0 Å². The van der Waals surface area contributed by atoms with E-state index in [0.717, 1.165) is 43.9 Å². The maximum absolute atomic E-state index is 13.0. The molecule has 0 aromatic rings. The van der Waals surface area contributed by atoms with E-state index in [2.05, 4.69) is 33.8 Å². The second-order valence-electron chi connectivity index (χ2n) is 11.0. The van der Waals surface area contributed by atoms with Gasteiger partial charge in [-0.15, -0.1) is 0 Å². The average Bonchev–Trinajstić information content (AvgIpc) is 2.99. The van der Waals surface area contributed by atoms with E-state index < -0.39 is 0 Å². The highest BCUT2D eigenvalue weighted by Gasteiger charge is 2.61. The van der Waals surface area contributed by atoms with Crippen LogP contribution in [0.5, 0.6) is 0 Å². The zero-order chi connectivity index (χ0) is 21.0. The maximum Gasteiger partial charge on any atom is 0.302 e. The first-order valence-corrected chi connectivity index (χ1v) is 12.1. The van der Waals surface area contributed by atoms with E-state index in [-0.39, 0.29) is 28.8 Å². The summed E-state index contributed by atoms with van der Waals surface area (Å²) in [6.45, 7) is 10.8. The number of carbonyl (C=O) groups excluding carboxylic acids is 2. The van der Waals surface area contributed by atoms with Crippen molar-refractivity contribution < 1.29 is 14.3 Å². The van der Waals surface area contributed by atoms with E-state index >= 15 is 0 Å². The lowest BCUT2D eigenvalue weighted by atomic mass is 9.47. The Labute approximate surface area is 177 Å². The second-order valence-corrected chi connectivity index (χ2v) is 11.0. The minimum atomic E-state index is -0.149. The van der Waals surface area contributed by atoms with E-state index in [4.69, 9.17) is 4.74 Å². The summed E-state index contributed by atoms with van der Waals surface area (Å²) in [7, 11) is 0. The molecule has 29 heavy (non-hydrogen) atoms. The van der Waals surface area contributed by atoms with Crippen molar-refractivity contribution in [1.82, 2.24) is 0 Å². The molecule has 0 N–H and O–H groups in total. The molecule has 4 aliphatic rings. The fourth-order valence-electron chi connectivity index (χ4n) is 8.39. The number of esters is 1. The van der Waals surface area contributed by atoms with Gasteiger partial charge in [0.2, 0.25) is 0 Å². The van der Waals surface area contributed by atoms with Crippen LogP contribution < -0.4 is 0 Å². The predicted molar refractivity (Wildman–Crippen MR) is 115 cm³/mol. The number of hydrogen-bond donors (Lipinski definition) is 0. The van der Waals surface area contributed by atoms with E-state index in [0.29, 0.717) is 24.0 Å². The molecule has 3 fully saturated rings. The fourth-order valence-corrected chi connectivity index (χ4v) is 8.39. The summed E-state index contributed by atoms with van der Waals surface area (Å²) in [4.78, 5) is 24.4. The topological polar surface area (TPSA) is 43.4 Å². The van der Waals surface area contributed by atoms with Crippen molar-refractivity contribution in [2.24, 2.45) is 40.4 Å². The van der Waals surface area contributed by atoms with Gasteiger partial charge in [0.25, 0.3) is 0 Å². The molecule has 3 nitrogen and oxygen atoms in total. The Kier molecular flexibility index (Phi) is 5.49. The Morgan fingerprint density at radius 2 is 1.90 bits per heavy atom. The van der Waals surface area contributed by atoms with Crippen molar-refractivity contribution >= 4 is 11.8 Å². The molecular weight excluding hydrogens is 360 g/mol. The van der Waals surface area contributed by atoms with Crippen LogP contribution in [-0.4, -0.2) is 17.9 Å². The van der Waals surface area contributed by atoms with Gasteiger partial charge in [-0.3, -0.25) is 9.59 Å². The van der Waals surface area contributed by atoms with Gasteiger partial charge >= 0.3 is 5.97 Å². The average molecular weight is 401 g/mol. The van der Waals surface area contributed by atoms with Crippen molar-refractivity contribution in [3.63, 3.8) is 0 Å². The van der Waals surface area contributed by atoms with Gasteiger partial charge < -0.3 is 4.74 Å². The van der Waals surface area contributed by atoms with Crippen LogP contribution >= 0.6 is 0 Å². The first-order chi connectivity index (χ1) is 13.7. The van der Waals surface area contributed by atoms with Gasteiger partial charge in [-0.2, -0.15) is 0 Å². The SMILES string of the molecule is CCC(=O)[C@H]1[C@H](CC)C[C@@H]2[C@@H]3CC=C4C[C@H](OC(C)=O)CC[C@]4(C)[C@H]3CC[C@@]21C. The van der Waals surface area contributed by atoms with E-state index in [1.165, 1.54) is 26.2 Å². The zero-order valence-electron chi connectivity index (χ0n) is 19.1. The van der Waals surface area contributed by atoms with Crippen LogP contribution in [0.4, 0.5) is 0 Å². The molecule has 3 heteroatoms. The molecule has 4 aliphatic carbocycles. The van der Waals surface area contributed by atoms with Crippen molar-refractivity contribution in [3.05, 3.63) is 11.6 Å². The minimum absolute atomic E-state index is 0.0692. The summed E-state index contributed by atoms with van der Waals surface area (Å²) in [6, 6.07) is 0. The molecule has 0 bridgehead atoms. The number of hydrogen-bond acceptors (Lipinski definition) is 3. The molecule has 4 rings (SSSR count). The molecule has 0 aliphatic heterocycles. The summed E-state index contributed by atoms with van der Waals surface area (Å²) in [5.41, 5.74) is 2.01. The van der Waals surface area contributed by atoms with Crippen LogP contribution in [0.3, 0.4) is 0 Å². The fraction of sp³-hybridized carbons (Fsp3) is 0.846. The van der Waals surface area contributed by atoms with Crippen LogP contribution in [0.2, 0.25) is 0 Å². The number of ketones is 1. The monoisotopic (exact) mass is 400 g/mol. The Morgan fingerprint density at radius 3 is 2.55 bits per heavy atom. The Morgan fingerprint density at radius 1 is 1.14 bits per heavy atom. The zero-order valence-corrected chi connectivity index (χ0v) is 19.1. The second kappa shape index (κ2) is 7.54. The molecule has 0 spiro atoms. The highest BCUT2D eigenvalue weighted by Crippen LogP contribution is 2.67. The van der Waals surface area contributed by atoms with Gasteiger partial charge in [0, 0.05) is 25.7 Å². The largest absolute Gasteiger partial charge is 0.462 e. The summed E-state index contributed by atoms with van der Waals surface area (Å²) in [6.07, 6.45) is 12.3. The third kappa shape index (κ3) is 3.22. The van der Waals surface area contributed by atoms with Crippen LogP contribution in [-0.2, 0) is 14.3 Å². The number of fused-ring (bicyclic) bond motifs is 5. The Balaban J connectivity index is 1.61. The third-order valence-electron chi connectivity index (χ3n) is 9.79. The highest BCUT2D eigenvalue weighted by atomic mass is 16.5. The molecule has 8 atom stereocenters. The van der Waals surface area contributed by atoms with Gasteiger partial charge in [-0.1, -0.05) is 45.8 Å². The number of carbonyl (C=O) groups is 2. The molecular formula is C26H40O3. The van der Waals surface area contributed by atoms with Gasteiger partial charge in [-0.05, 0) is 73.0 Å². The van der Waals surface area contributed by atoms with Crippen LogP contribution in [0.1, 0.15) is 92.4 Å². The molecule has 3 saturated carbocycles. The molecule has 0 amide bonds. The maximum atomic E-state index is 13.0. The van der Waals surface area contributed by atoms with Crippen LogP contribution in [0.15, 0.2) is 11.6 Å². The summed E-state index contributed by atoms with van der Waals surface area (Å²) < 4.78 is 5.57. The van der Waals surface area contributed by atoms with E-state index in [9.17, 15) is 9.59 Å². The van der Waals surface area contributed by atoms with Crippen LogP contribution in [0.25, 0.3) is 0 Å². The quantitative estimate of drug-likeness (QED) is 0.422. The molecule has 0 aromatic carbocycles. The van der Waals surface area contributed by atoms with Crippen LogP contribution in [0, 0.1) is 40.4 Å². The smallest absolute Gasteiger partial charge is 0.302 e.